The summed E-state index contributed by atoms with van der Waals surface area (Å²) in [5.41, 5.74) is 1.73. The molecule has 0 aliphatic rings. The largest absolute Gasteiger partial charge is 0.321 e. The highest BCUT2D eigenvalue weighted by Gasteiger charge is 2.18. The van der Waals surface area contributed by atoms with E-state index in [4.69, 9.17) is 15.7 Å². The predicted molar refractivity (Wildman–Crippen MR) is 84.8 cm³/mol. The van der Waals surface area contributed by atoms with Gasteiger partial charge in [0.05, 0.1) is 21.4 Å². The van der Waals surface area contributed by atoms with Crippen molar-refractivity contribution in [2.45, 2.75) is 24.7 Å². The Labute approximate surface area is 128 Å². The van der Waals surface area contributed by atoms with Gasteiger partial charge in [-0.1, -0.05) is 5.34 Å². The van der Waals surface area contributed by atoms with Gasteiger partial charge in [0.2, 0.25) is 0 Å². The third kappa shape index (κ3) is 4.21. The van der Waals surface area contributed by atoms with Gasteiger partial charge < -0.3 is 4.90 Å². The third-order valence-electron chi connectivity index (χ3n) is 3.58. The molecule has 0 fully saturated rings. The van der Waals surface area contributed by atoms with Crippen LogP contribution in [-0.4, -0.2) is 49.8 Å². The second kappa shape index (κ2) is 6.48. The van der Waals surface area contributed by atoms with E-state index in [1.165, 1.54) is 12.1 Å². The van der Waals surface area contributed by atoms with E-state index in [0.717, 1.165) is 24.2 Å². The van der Waals surface area contributed by atoms with Gasteiger partial charge in [0.1, 0.15) is 5.82 Å². The van der Waals surface area contributed by atoms with Crippen molar-refractivity contribution in [3.63, 3.8) is 0 Å². The normalized spacial score (nSPS) is 12.0. The fourth-order valence-electron chi connectivity index (χ4n) is 2.01. The van der Waals surface area contributed by atoms with Crippen LogP contribution in [0.5, 0.6) is 0 Å². The average Bonchev–Trinajstić information content (AvgIpc) is 2.88. The summed E-state index contributed by atoms with van der Waals surface area (Å²) in [5, 5.41) is 3.67. The van der Waals surface area contributed by atoms with Crippen molar-refractivity contribution in [2.24, 2.45) is 0 Å². The Morgan fingerprint density at radius 2 is 1.86 bits per heavy atom. The lowest BCUT2D eigenvalue weighted by atomic mass is 9.59. The SMILES string of the molecule is [B]C([B])(CCCn1ccc(-c2ccc(F)cc2)n1)N(C)C. The van der Waals surface area contributed by atoms with Crippen LogP contribution in [0.1, 0.15) is 12.8 Å². The molecular formula is C15H18B2FN3. The fraction of sp³-hybridized carbons (Fsp3) is 0.400. The number of aromatic nitrogens is 2. The van der Waals surface area contributed by atoms with Crippen LogP contribution >= 0.6 is 0 Å². The molecule has 0 saturated carbocycles. The van der Waals surface area contributed by atoms with Crippen molar-refractivity contribution >= 4 is 15.7 Å². The molecule has 0 bridgehead atoms. The third-order valence-corrected chi connectivity index (χ3v) is 3.58. The minimum absolute atomic E-state index is 0.246. The first-order chi connectivity index (χ1) is 9.88. The van der Waals surface area contributed by atoms with Crippen molar-refractivity contribution in [1.29, 1.82) is 0 Å². The summed E-state index contributed by atoms with van der Waals surface area (Å²) < 4.78 is 14.7. The molecule has 0 aliphatic carbocycles. The van der Waals surface area contributed by atoms with Crippen LogP contribution in [0.15, 0.2) is 36.5 Å². The van der Waals surface area contributed by atoms with Crippen molar-refractivity contribution in [2.75, 3.05) is 14.1 Å². The topological polar surface area (TPSA) is 21.1 Å². The van der Waals surface area contributed by atoms with E-state index < -0.39 is 5.34 Å². The van der Waals surface area contributed by atoms with Crippen LogP contribution in [0.25, 0.3) is 11.3 Å². The summed E-state index contributed by atoms with van der Waals surface area (Å²) in [6.07, 6.45) is 3.41. The molecule has 106 valence electrons. The van der Waals surface area contributed by atoms with Crippen LogP contribution < -0.4 is 0 Å². The Hall–Kier alpha value is -1.55. The van der Waals surface area contributed by atoms with Gasteiger partial charge in [-0.3, -0.25) is 4.68 Å². The van der Waals surface area contributed by atoms with Crippen LogP contribution in [-0.2, 0) is 6.54 Å². The molecule has 1 heterocycles. The Bertz CT molecular complexity index is 579. The van der Waals surface area contributed by atoms with Gasteiger partial charge >= 0.3 is 0 Å². The summed E-state index contributed by atoms with van der Waals surface area (Å²) in [6, 6.07) is 8.22. The molecule has 2 rings (SSSR count). The Morgan fingerprint density at radius 3 is 2.48 bits per heavy atom. The number of aryl methyl sites for hydroxylation is 1. The number of benzene rings is 1. The van der Waals surface area contributed by atoms with E-state index in [1.807, 2.05) is 31.0 Å². The van der Waals surface area contributed by atoms with Gasteiger partial charge in [0.15, 0.2) is 0 Å². The Kier molecular flexibility index (Phi) is 4.88. The molecule has 0 amide bonds. The van der Waals surface area contributed by atoms with E-state index in [0.29, 0.717) is 6.42 Å². The van der Waals surface area contributed by atoms with Gasteiger partial charge in [-0.15, -0.1) is 0 Å². The Balaban J connectivity index is 1.93. The summed E-state index contributed by atoms with van der Waals surface area (Å²) in [7, 11) is 15.7. The first-order valence-corrected chi connectivity index (χ1v) is 6.93. The number of hydrogen-bond acceptors (Lipinski definition) is 2. The van der Waals surface area contributed by atoms with E-state index >= 15 is 0 Å². The summed E-state index contributed by atoms with van der Waals surface area (Å²) >= 11 is 0. The van der Waals surface area contributed by atoms with Gasteiger partial charge in [-0.25, -0.2) is 4.39 Å². The zero-order valence-electron chi connectivity index (χ0n) is 12.5. The lowest BCUT2D eigenvalue weighted by molar-refractivity contribution is 0.308. The van der Waals surface area contributed by atoms with E-state index in [2.05, 4.69) is 5.10 Å². The van der Waals surface area contributed by atoms with E-state index in [9.17, 15) is 4.39 Å². The molecule has 0 aliphatic heterocycles. The minimum Gasteiger partial charge on any atom is -0.321 e. The number of nitrogens with zero attached hydrogens (tertiary/aromatic N) is 3. The van der Waals surface area contributed by atoms with Crippen LogP contribution in [0, 0.1) is 5.82 Å². The van der Waals surface area contributed by atoms with Crippen LogP contribution in [0.3, 0.4) is 0 Å². The van der Waals surface area contributed by atoms with E-state index in [1.54, 1.807) is 17.0 Å². The minimum atomic E-state index is -0.799. The molecule has 1 aromatic heterocycles. The maximum atomic E-state index is 12.9. The second-order valence-electron chi connectivity index (χ2n) is 5.46. The highest BCUT2D eigenvalue weighted by Crippen LogP contribution is 2.18. The highest BCUT2D eigenvalue weighted by molar-refractivity contribution is 6.39. The lowest BCUT2D eigenvalue weighted by Gasteiger charge is -2.33. The zero-order valence-corrected chi connectivity index (χ0v) is 12.5. The first kappa shape index (κ1) is 15.8. The quantitative estimate of drug-likeness (QED) is 0.755. The monoisotopic (exact) mass is 281 g/mol. The molecule has 6 heteroatoms. The zero-order chi connectivity index (χ0) is 15.5. The summed E-state index contributed by atoms with van der Waals surface area (Å²) in [6.45, 7) is 0.741. The lowest BCUT2D eigenvalue weighted by Crippen LogP contribution is -2.45. The number of halogens is 1. The Morgan fingerprint density at radius 1 is 1.19 bits per heavy atom. The predicted octanol–water partition coefficient (Wildman–Crippen LogP) is 2.02. The van der Waals surface area contributed by atoms with Crippen molar-refractivity contribution in [3.05, 3.63) is 42.3 Å². The maximum Gasteiger partial charge on any atom is 0.123 e. The molecule has 0 spiro atoms. The van der Waals surface area contributed by atoms with Gasteiger partial charge in [-0.2, -0.15) is 5.10 Å². The second-order valence-corrected chi connectivity index (χ2v) is 5.46. The highest BCUT2D eigenvalue weighted by atomic mass is 19.1. The van der Waals surface area contributed by atoms with Gasteiger partial charge in [0.25, 0.3) is 0 Å². The molecule has 21 heavy (non-hydrogen) atoms. The maximum absolute atomic E-state index is 12.9. The molecule has 2 aromatic rings. The smallest absolute Gasteiger partial charge is 0.123 e. The number of hydrogen-bond donors (Lipinski definition) is 0. The molecule has 3 nitrogen and oxygen atoms in total. The average molecular weight is 281 g/mol. The molecule has 0 atom stereocenters. The van der Waals surface area contributed by atoms with Crippen LogP contribution in [0.4, 0.5) is 4.39 Å². The molecular weight excluding hydrogens is 263 g/mol. The van der Waals surface area contributed by atoms with Gasteiger partial charge in [-0.05, 0) is 57.3 Å². The van der Waals surface area contributed by atoms with E-state index in [-0.39, 0.29) is 5.82 Å². The molecule has 1 aromatic carbocycles. The number of rotatable bonds is 6. The summed E-state index contributed by atoms with van der Waals surface area (Å²) in [4.78, 5) is 1.81. The van der Waals surface area contributed by atoms with Crippen molar-refractivity contribution in [3.8, 4) is 11.3 Å². The molecule has 0 N–H and O–H groups in total. The summed E-state index contributed by atoms with van der Waals surface area (Å²) in [5.74, 6) is -0.246. The van der Waals surface area contributed by atoms with Crippen molar-refractivity contribution in [1.82, 2.24) is 14.7 Å². The van der Waals surface area contributed by atoms with Crippen molar-refractivity contribution < 1.29 is 4.39 Å². The fourth-order valence-corrected chi connectivity index (χ4v) is 2.01. The molecule has 0 unspecified atom stereocenters. The molecule has 4 radical (unpaired) electrons. The molecule has 0 saturated heterocycles. The van der Waals surface area contributed by atoms with Crippen LogP contribution in [0.2, 0.25) is 0 Å². The van der Waals surface area contributed by atoms with Gasteiger partial charge in [0, 0.05) is 18.3 Å². The first-order valence-electron chi connectivity index (χ1n) is 6.93. The standard InChI is InChI=1S/C15H18B2FN3/c1-20(2)15(16,17)9-3-10-21-11-8-14(19-21)12-4-6-13(18)7-5-12/h4-8,11H,3,9-10H2,1-2H3.